The summed E-state index contributed by atoms with van der Waals surface area (Å²) in [5.74, 6) is 0.540. The second-order valence-electron chi connectivity index (χ2n) is 4.29. The van der Waals surface area contributed by atoms with Crippen molar-refractivity contribution in [2.45, 2.75) is 33.3 Å². The topological polar surface area (TPSA) is 49.7 Å². The Labute approximate surface area is 90.3 Å². The van der Waals surface area contributed by atoms with E-state index in [1.165, 1.54) is 7.11 Å². The number of aliphatic hydroxyl groups is 1. The molecule has 0 spiro atoms. The molecule has 3 nitrogen and oxygen atoms in total. The van der Waals surface area contributed by atoms with E-state index in [1.54, 1.807) is 19.9 Å². The zero-order valence-corrected chi connectivity index (χ0v) is 9.88. The molecule has 0 amide bonds. The van der Waals surface area contributed by atoms with Crippen LogP contribution in [-0.2, 0) is 5.60 Å². The number of phenols is 1. The summed E-state index contributed by atoms with van der Waals surface area (Å²) in [6.07, 6.45) is 0. The van der Waals surface area contributed by atoms with Crippen LogP contribution in [0.15, 0.2) is 6.07 Å². The number of hydrogen-bond acceptors (Lipinski definition) is 3. The van der Waals surface area contributed by atoms with E-state index < -0.39 is 5.60 Å². The van der Waals surface area contributed by atoms with Crippen molar-refractivity contribution in [3.8, 4) is 11.5 Å². The van der Waals surface area contributed by atoms with E-state index in [1.807, 2.05) is 13.8 Å². The van der Waals surface area contributed by atoms with Crippen LogP contribution in [0.2, 0.25) is 0 Å². The first kappa shape index (κ1) is 11.9. The molecule has 0 saturated heterocycles. The lowest BCUT2D eigenvalue weighted by Gasteiger charge is -2.23. The summed E-state index contributed by atoms with van der Waals surface area (Å²) in [6.45, 7) is 7.16. The average molecular weight is 210 g/mol. The third-order valence-electron chi connectivity index (χ3n) is 2.68. The molecule has 0 aromatic heterocycles. The summed E-state index contributed by atoms with van der Waals surface area (Å²) in [5.41, 5.74) is 1.56. The van der Waals surface area contributed by atoms with Gasteiger partial charge in [0.15, 0.2) is 11.5 Å². The molecule has 0 aliphatic heterocycles. The first-order valence-corrected chi connectivity index (χ1v) is 4.89. The molecule has 84 valence electrons. The van der Waals surface area contributed by atoms with Gasteiger partial charge in [0.2, 0.25) is 0 Å². The number of rotatable bonds is 2. The van der Waals surface area contributed by atoms with Gasteiger partial charge in [-0.05, 0) is 50.5 Å². The molecular weight excluding hydrogens is 192 g/mol. The van der Waals surface area contributed by atoms with E-state index in [0.717, 1.165) is 16.7 Å². The predicted molar refractivity (Wildman–Crippen MR) is 59.4 cm³/mol. The summed E-state index contributed by atoms with van der Waals surface area (Å²) in [6, 6.07) is 1.56. The van der Waals surface area contributed by atoms with Crippen LogP contribution in [0, 0.1) is 13.8 Å². The van der Waals surface area contributed by atoms with Gasteiger partial charge in [-0.2, -0.15) is 0 Å². The highest BCUT2D eigenvalue weighted by atomic mass is 16.5. The average Bonchev–Trinajstić information content (AvgIpc) is 2.10. The molecule has 0 aliphatic rings. The smallest absolute Gasteiger partial charge is 0.163 e. The first-order valence-electron chi connectivity index (χ1n) is 4.89. The fraction of sp³-hybridized carbons (Fsp3) is 0.500. The van der Waals surface area contributed by atoms with Gasteiger partial charge < -0.3 is 14.9 Å². The van der Waals surface area contributed by atoms with Crippen LogP contribution in [0.3, 0.4) is 0 Å². The monoisotopic (exact) mass is 210 g/mol. The van der Waals surface area contributed by atoms with Crippen LogP contribution in [0.4, 0.5) is 0 Å². The molecular formula is C12H18O3. The van der Waals surface area contributed by atoms with Crippen LogP contribution < -0.4 is 4.74 Å². The van der Waals surface area contributed by atoms with Crippen molar-refractivity contribution < 1.29 is 14.9 Å². The molecule has 0 fully saturated rings. The van der Waals surface area contributed by atoms with Gasteiger partial charge >= 0.3 is 0 Å². The third kappa shape index (κ3) is 2.07. The van der Waals surface area contributed by atoms with Crippen LogP contribution in [-0.4, -0.2) is 17.3 Å². The normalized spacial score (nSPS) is 11.6. The van der Waals surface area contributed by atoms with Gasteiger partial charge in [0, 0.05) is 0 Å². The Morgan fingerprint density at radius 1 is 1.20 bits per heavy atom. The minimum atomic E-state index is -0.960. The maximum Gasteiger partial charge on any atom is 0.163 e. The fourth-order valence-electron chi connectivity index (χ4n) is 1.77. The summed E-state index contributed by atoms with van der Waals surface area (Å²) in [4.78, 5) is 0. The maximum atomic E-state index is 9.93. The van der Waals surface area contributed by atoms with Gasteiger partial charge in [0.1, 0.15) is 0 Å². The highest BCUT2D eigenvalue weighted by molar-refractivity contribution is 5.54. The van der Waals surface area contributed by atoms with Crippen molar-refractivity contribution in [3.05, 3.63) is 22.8 Å². The molecule has 1 rings (SSSR count). The Balaban J connectivity index is 3.48. The molecule has 0 atom stereocenters. The lowest BCUT2D eigenvalue weighted by atomic mass is 9.90. The van der Waals surface area contributed by atoms with Crippen molar-refractivity contribution >= 4 is 0 Å². The van der Waals surface area contributed by atoms with E-state index in [4.69, 9.17) is 4.74 Å². The van der Waals surface area contributed by atoms with Gasteiger partial charge in [-0.1, -0.05) is 0 Å². The first-order chi connectivity index (χ1) is 6.79. The van der Waals surface area contributed by atoms with Crippen LogP contribution in [0.1, 0.15) is 30.5 Å². The Bertz CT molecular complexity index is 375. The predicted octanol–water partition coefficient (Wildman–Crippen LogP) is 2.25. The fourth-order valence-corrected chi connectivity index (χ4v) is 1.77. The van der Waals surface area contributed by atoms with Gasteiger partial charge in [0.25, 0.3) is 0 Å². The van der Waals surface area contributed by atoms with E-state index in [0.29, 0.717) is 5.75 Å². The Kier molecular flexibility index (Phi) is 2.95. The maximum absolute atomic E-state index is 9.93. The van der Waals surface area contributed by atoms with E-state index >= 15 is 0 Å². The van der Waals surface area contributed by atoms with Gasteiger partial charge in [0.05, 0.1) is 12.7 Å². The highest BCUT2D eigenvalue weighted by Crippen LogP contribution is 2.37. The number of phenolic OH excluding ortho intramolecular Hbond substituents is 1. The molecule has 2 N–H and O–H groups in total. The highest BCUT2D eigenvalue weighted by Gasteiger charge is 2.22. The van der Waals surface area contributed by atoms with Crippen molar-refractivity contribution in [1.29, 1.82) is 0 Å². The number of hydrogen-bond donors (Lipinski definition) is 2. The summed E-state index contributed by atoms with van der Waals surface area (Å²) >= 11 is 0. The zero-order chi connectivity index (χ0) is 11.8. The molecule has 0 bridgehead atoms. The van der Waals surface area contributed by atoms with Crippen molar-refractivity contribution in [2.75, 3.05) is 7.11 Å². The number of benzene rings is 1. The molecule has 0 saturated carbocycles. The van der Waals surface area contributed by atoms with E-state index in [-0.39, 0.29) is 5.75 Å². The minimum Gasteiger partial charge on any atom is -0.504 e. The number of ether oxygens (including phenoxy) is 1. The second-order valence-corrected chi connectivity index (χ2v) is 4.29. The summed E-state index contributed by atoms with van der Waals surface area (Å²) in [5, 5.41) is 19.7. The quantitative estimate of drug-likeness (QED) is 0.787. The lowest BCUT2D eigenvalue weighted by Crippen LogP contribution is -2.17. The molecule has 3 heteroatoms. The standard InChI is InChI=1S/C12H18O3/c1-7-8(2)11(15-5)10(13)6-9(7)12(3,4)14/h6,13-14H,1-5H3. The van der Waals surface area contributed by atoms with Crippen molar-refractivity contribution in [1.82, 2.24) is 0 Å². The number of methoxy groups -OCH3 is 1. The SMILES string of the molecule is COc1c(O)cc(C(C)(C)O)c(C)c1C. The molecule has 15 heavy (non-hydrogen) atoms. The number of aromatic hydroxyl groups is 1. The molecule has 0 aliphatic carbocycles. The van der Waals surface area contributed by atoms with Crippen LogP contribution in [0.5, 0.6) is 11.5 Å². The lowest BCUT2D eigenvalue weighted by molar-refractivity contribution is 0.0775. The van der Waals surface area contributed by atoms with Crippen LogP contribution >= 0.6 is 0 Å². The van der Waals surface area contributed by atoms with Gasteiger partial charge in [-0.3, -0.25) is 0 Å². The molecule has 0 radical (unpaired) electrons. The van der Waals surface area contributed by atoms with Gasteiger partial charge in [-0.15, -0.1) is 0 Å². The van der Waals surface area contributed by atoms with Crippen LogP contribution in [0.25, 0.3) is 0 Å². The molecule has 1 aromatic carbocycles. The molecule has 0 unspecified atom stereocenters. The Hall–Kier alpha value is -1.22. The Morgan fingerprint density at radius 2 is 1.73 bits per heavy atom. The van der Waals surface area contributed by atoms with Crippen molar-refractivity contribution in [2.24, 2.45) is 0 Å². The van der Waals surface area contributed by atoms with Gasteiger partial charge in [-0.25, -0.2) is 0 Å². The summed E-state index contributed by atoms with van der Waals surface area (Å²) < 4.78 is 5.09. The zero-order valence-electron chi connectivity index (χ0n) is 9.88. The van der Waals surface area contributed by atoms with Crippen molar-refractivity contribution in [3.63, 3.8) is 0 Å². The van der Waals surface area contributed by atoms with E-state index in [9.17, 15) is 10.2 Å². The molecule has 1 aromatic rings. The molecule has 0 heterocycles. The largest absolute Gasteiger partial charge is 0.504 e. The Morgan fingerprint density at radius 3 is 2.13 bits per heavy atom. The summed E-state index contributed by atoms with van der Waals surface area (Å²) in [7, 11) is 1.52. The van der Waals surface area contributed by atoms with E-state index in [2.05, 4.69) is 0 Å². The second kappa shape index (κ2) is 3.74. The minimum absolute atomic E-state index is 0.0673. The third-order valence-corrected chi connectivity index (χ3v) is 2.68.